The van der Waals surface area contributed by atoms with E-state index in [-0.39, 0.29) is 5.92 Å². The van der Waals surface area contributed by atoms with Crippen molar-refractivity contribution in [2.75, 3.05) is 0 Å². The molecule has 0 saturated carbocycles. The lowest BCUT2D eigenvalue weighted by atomic mass is 9.71. The molecule has 0 aromatic rings. The minimum Gasteiger partial charge on any atom is -0.109 e. The van der Waals surface area contributed by atoms with Gasteiger partial charge in [-0.15, -0.1) is 23.2 Å². The first-order chi connectivity index (χ1) is 9.93. The fraction of sp³-hybridized carbons (Fsp3) is 0.600. The van der Waals surface area contributed by atoms with Gasteiger partial charge in [-0.2, -0.15) is 0 Å². The maximum atomic E-state index is 7.26. The molecule has 0 atom stereocenters. The molecule has 0 nitrogen and oxygen atoms in total. The van der Waals surface area contributed by atoms with E-state index in [0.717, 1.165) is 0 Å². The van der Waals surface area contributed by atoms with Gasteiger partial charge in [0.2, 0.25) is 0 Å². The Balaban J connectivity index is 2.66. The minimum atomic E-state index is -0.497. The lowest BCUT2D eigenvalue weighted by Gasteiger charge is -2.43. The van der Waals surface area contributed by atoms with Crippen LogP contribution in [0.4, 0.5) is 0 Å². The third kappa shape index (κ3) is 1.89. The Bertz CT molecular complexity index is 562. The number of hydrogen-bond acceptors (Lipinski definition) is 0. The Morgan fingerprint density at radius 3 is 0.909 bits per heavy atom. The standard InChI is InChI=1S/C20H28Cl2/c1-10-11(2)15(6)19(21,14(10)5)18(9)20(22)16(7)12(3)13(4)17(20)8/h18H,1-9H3. The molecule has 0 aromatic heterocycles. The quantitative estimate of drug-likeness (QED) is 0.477. The van der Waals surface area contributed by atoms with Crippen LogP contribution in [-0.4, -0.2) is 9.75 Å². The number of hydrogen-bond donors (Lipinski definition) is 0. The molecule has 0 amide bonds. The van der Waals surface area contributed by atoms with Gasteiger partial charge in [0.05, 0.1) is 9.75 Å². The van der Waals surface area contributed by atoms with Crippen LogP contribution in [-0.2, 0) is 0 Å². The number of alkyl halides is 2. The zero-order chi connectivity index (χ0) is 17.2. The van der Waals surface area contributed by atoms with E-state index < -0.39 is 9.75 Å². The normalized spacial score (nSPS) is 24.5. The van der Waals surface area contributed by atoms with Gasteiger partial charge >= 0.3 is 0 Å². The van der Waals surface area contributed by atoms with E-state index >= 15 is 0 Å². The Kier molecular flexibility index (Phi) is 4.29. The highest BCUT2D eigenvalue weighted by molar-refractivity contribution is 6.33. The molecular formula is C20H28Cl2. The molecule has 0 heterocycles. The third-order valence-corrected chi connectivity index (χ3v) is 8.54. The van der Waals surface area contributed by atoms with E-state index in [1.807, 2.05) is 0 Å². The molecule has 0 N–H and O–H groups in total. The van der Waals surface area contributed by atoms with Gasteiger partial charge in [0.1, 0.15) is 0 Å². The van der Waals surface area contributed by atoms with Crippen LogP contribution in [0.1, 0.15) is 62.3 Å². The summed E-state index contributed by atoms with van der Waals surface area (Å²) in [6.45, 7) is 19.5. The average Bonchev–Trinajstić information content (AvgIpc) is 2.75. The van der Waals surface area contributed by atoms with Crippen LogP contribution in [0.15, 0.2) is 44.6 Å². The summed E-state index contributed by atoms with van der Waals surface area (Å²) in [6, 6.07) is 0. The summed E-state index contributed by atoms with van der Waals surface area (Å²) in [5.74, 6) is 0.0862. The first-order valence-electron chi connectivity index (χ1n) is 8.03. The van der Waals surface area contributed by atoms with E-state index in [1.54, 1.807) is 0 Å². The Labute approximate surface area is 146 Å². The van der Waals surface area contributed by atoms with Gasteiger partial charge in [-0.3, -0.25) is 0 Å². The maximum Gasteiger partial charge on any atom is 0.0918 e. The molecular weight excluding hydrogens is 311 g/mol. The molecule has 2 aliphatic rings. The molecule has 0 unspecified atom stereocenters. The SMILES string of the molecule is CC1=C(C)C(Cl)(C(C)C2(Cl)C(C)=C(C)C(C)=C2C)C(C)=C1C. The second kappa shape index (κ2) is 5.28. The third-order valence-electron chi connectivity index (χ3n) is 6.75. The smallest absolute Gasteiger partial charge is 0.0918 e. The van der Waals surface area contributed by atoms with Gasteiger partial charge < -0.3 is 0 Å². The van der Waals surface area contributed by atoms with Crippen LogP contribution in [0.3, 0.4) is 0 Å². The summed E-state index contributed by atoms with van der Waals surface area (Å²) < 4.78 is 0. The van der Waals surface area contributed by atoms with Gasteiger partial charge in [0, 0.05) is 5.92 Å². The lowest BCUT2D eigenvalue weighted by molar-refractivity contribution is 0.427. The molecule has 0 radical (unpaired) electrons. The molecule has 2 rings (SSSR count). The summed E-state index contributed by atoms with van der Waals surface area (Å²) in [5, 5.41) is 0. The van der Waals surface area contributed by atoms with Gasteiger partial charge in [0.15, 0.2) is 0 Å². The number of rotatable bonds is 2. The van der Waals surface area contributed by atoms with Gasteiger partial charge in [-0.05, 0) is 100.0 Å². The van der Waals surface area contributed by atoms with Crippen LogP contribution in [0.5, 0.6) is 0 Å². The van der Waals surface area contributed by atoms with E-state index in [9.17, 15) is 0 Å². The Hall–Kier alpha value is -0.460. The second-order valence-electron chi connectivity index (χ2n) is 7.15. The topological polar surface area (TPSA) is 0 Å². The highest BCUT2D eigenvalue weighted by Gasteiger charge is 2.55. The Morgan fingerprint density at radius 1 is 0.545 bits per heavy atom. The first-order valence-corrected chi connectivity index (χ1v) is 8.79. The van der Waals surface area contributed by atoms with Gasteiger partial charge in [-0.25, -0.2) is 0 Å². The largest absolute Gasteiger partial charge is 0.109 e. The van der Waals surface area contributed by atoms with Crippen molar-refractivity contribution in [3.63, 3.8) is 0 Å². The fourth-order valence-electron chi connectivity index (χ4n) is 4.35. The van der Waals surface area contributed by atoms with E-state index in [1.165, 1.54) is 44.6 Å². The van der Waals surface area contributed by atoms with Crippen molar-refractivity contribution in [3.8, 4) is 0 Å². The van der Waals surface area contributed by atoms with E-state index in [0.29, 0.717) is 0 Å². The van der Waals surface area contributed by atoms with Crippen molar-refractivity contribution >= 4 is 23.2 Å². The van der Waals surface area contributed by atoms with Crippen LogP contribution in [0, 0.1) is 5.92 Å². The van der Waals surface area contributed by atoms with Crippen molar-refractivity contribution in [1.29, 1.82) is 0 Å². The van der Waals surface area contributed by atoms with Crippen molar-refractivity contribution in [2.24, 2.45) is 5.92 Å². The van der Waals surface area contributed by atoms with Crippen LogP contribution in [0.25, 0.3) is 0 Å². The minimum absolute atomic E-state index is 0.0862. The molecule has 0 saturated heterocycles. The summed E-state index contributed by atoms with van der Waals surface area (Å²) >= 11 is 14.5. The predicted octanol–water partition coefficient (Wildman–Crippen LogP) is 6.95. The summed E-state index contributed by atoms with van der Waals surface area (Å²) in [5.41, 5.74) is 10.3. The molecule has 2 heteroatoms. The monoisotopic (exact) mass is 338 g/mol. The van der Waals surface area contributed by atoms with Gasteiger partial charge in [-0.1, -0.05) is 6.92 Å². The second-order valence-corrected chi connectivity index (χ2v) is 8.34. The zero-order valence-electron chi connectivity index (χ0n) is 15.3. The van der Waals surface area contributed by atoms with Crippen LogP contribution >= 0.6 is 23.2 Å². The number of halogens is 2. The van der Waals surface area contributed by atoms with Crippen LogP contribution < -0.4 is 0 Å². The molecule has 22 heavy (non-hydrogen) atoms. The fourth-order valence-corrected chi connectivity index (χ4v) is 5.30. The van der Waals surface area contributed by atoms with Crippen LogP contribution in [0.2, 0.25) is 0 Å². The summed E-state index contributed by atoms with van der Waals surface area (Å²) in [6.07, 6.45) is 0. The number of allylic oxidation sites excluding steroid dienone is 8. The highest BCUT2D eigenvalue weighted by atomic mass is 35.5. The summed E-state index contributed by atoms with van der Waals surface area (Å²) in [7, 11) is 0. The highest BCUT2D eigenvalue weighted by Crippen LogP contribution is 2.59. The summed E-state index contributed by atoms with van der Waals surface area (Å²) in [4.78, 5) is -0.993. The van der Waals surface area contributed by atoms with Crippen molar-refractivity contribution < 1.29 is 0 Å². The maximum absolute atomic E-state index is 7.26. The van der Waals surface area contributed by atoms with E-state index in [4.69, 9.17) is 23.2 Å². The molecule has 0 bridgehead atoms. The molecule has 0 spiro atoms. The average molecular weight is 339 g/mol. The predicted molar refractivity (Wildman–Crippen MR) is 99.8 cm³/mol. The lowest BCUT2D eigenvalue weighted by Crippen LogP contribution is -2.45. The molecule has 0 aliphatic heterocycles. The molecule has 0 fully saturated rings. The molecule has 2 aliphatic carbocycles. The zero-order valence-corrected chi connectivity index (χ0v) is 16.8. The van der Waals surface area contributed by atoms with Gasteiger partial charge in [0.25, 0.3) is 0 Å². The van der Waals surface area contributed by atoms with Crippen molar-refractivity contribution in [2.45, 2.75) is 72.1 Å². The molecule has 0 aromatic carbocycles. The Morgan fingerprint density at radius 2 is 0.727 bits per heavy atom. The molecule has 122 valence electrons. The van der Waals surface area contributed by atoms with Crippen molar-refractivity contribution in [3.05, 3.63) is 44.6 Å². The first kappa shape index (κ1) is 17.9. The van der Waals surface area contributed by atoms with E-state index in [2.05, 4.69) is 62.3 Å². The van der Waals surface area contributed by atoms with Crippen molar-refractivity contribution in [1.82, 2.24) is 0 Å².